The zero-order valence-corrected chi connectivity index (χ0v) is 12.3. The molecular weight excluding hydrogens is 298 g/mol. The van der Waals surface area contributed by atoms with E-state index in [0.29, 0.717) is 23.6 Å². The minimum absolute atomic E-state index is 0.0817. The van der Waals surface area contributed by atoms with Crippen LogP contribution in [0.15, 0.2) is 22.7 Å². The SMILES string of the molecule is CC(C)CCCOCc1ccc(Br)c([N+](=O)[O-])c1. The summed E-state index contributed by atoms with van der Waals surface area (Å²) in [6, 6.07) is 5.07. The number of rotatable bonds is 7. The molecule has 0 unspecified atom stereocenters. The number of halogens is 1. The summed E-state index contributed by atoms with van der Waals surface area (Å²) in [5, 5.41) is 10.8. The second-order valence-corrected chi connectivity index (χ2v) is 5.49. The van der Waals surface area contributed by atoms with Crippen molar-refractivity contribution in [2.45, 2.75) is 33.3 Å². The molecule has 0 atom stereocenters. The van der Waals surface area contributed by atoms with Crippen molar-refractivity contribution in [2.75, 3.05) is 6.61 Å². The van der Waals surface area contributed by atoms with Gasteiger partial charge in [-0.05, 0) is 46.3 Å². The zero-order valence-electron chi connectivity index (χ0n) is 10.7. The van der Waals surface area contributed by atoms with Gasteiger partial charge in [0.05, 0.1) is 16.0 Å². The molecule has 1 aromatic rings. The third-order valence-electron chi connectivity index (χ3n) is 2.55. The van der Waals surface area contributed by atoms with Gasteiger partial charge >= 0.3 is 0 Å². The van der Waals surface area contributed by atoms with Gasteiger partial charge < -0.3 is 4.74 Å². The maximum atomic E-state index is 10.8. The molecule has 18 heavy (non-hydrogen) atoms. The molecule has 0 heterocycles. The van der Waals surface area contributed by atoms with Crippen LogP contribution in [0, 0.1) is 16.0 Å². The van der Waals surface area contributed by atoms with Gasteiger partial charge in [-0.2, -0.15) is 0 Å². The van der Waals surface area contributed by atoms with E-state index in [2.05, 4.69) is 29.8 Å². The summed E-state index contributed by atoms with van der Waals surface area (Å²) in [7, 11) is 0. The minimum atomic E-state index is -0.396. The lowest BCUT2D eigenvalue weighted by Gasteiger charge is -2.06. The molecule has 0 N–H and O–H groups in total. The maximum Gasteiger partial charge on any atom is 0.283 e. The van der Waals surface area contributed by atoms with Crippen LogP contribution in [0.4, 0.5) is 5.69 Å². The van der Waals surface area contributed by atoms with E-state index in [1.54, 1.807) is 12.1 Å². The predicted octanol–water partition coefficient (Wildman–Crippen LogP) is 4.31. The zero-order chi connectivity index (χ0) is 13.5. The number of nitro benzene ring substituents is 1. The number of benzene rings is 1. The lowest BCUT2D eigenvalue weighted by atomic mass is 10.1. The van der Waals surface area contributed by atoms with Crippen molar-refractivity contribution in [1.82, 2.24) is 0 Å². The monoisotopic (exact) mass is 315 g/mol. The van der Waals surface area contributed by atoms with Crippen molar-refractivity contribution in [3.8, 4) is 0 Å². The van der Waals surface area contributed by atoms with E-state index in [1.165, 1.54) is 0 Å². The van der Waals surface area contributed by atoms with Crippen LogP contribution in [0.5, 0.6) is 0 Å². The molecule has 0 aliphatic carbocycles. The lowest BCUT2D eigenvalue weighted by Crippen LogP contribution is -1.99. The van der Waals surface area contributed by atoms with Gasteiger partial charge in [0, 0.05) is 12.7 Å². The maximum absolute atomic E-state index is 10.8. The Labute approximate surface area is 116 Å². The minimum Gasteiger partial charge on any atom is -0.377 e. The molecule has 100 valence electrons. The van der Waals surface area contributed by atoms with Crippen LogP contribution >= 0.6 is 15.9 Å². The van der Waals surface area contributed by atoms with Crippen molar-refractivity contribution in [3.05, 3.63) is 38.3 Å². The summed E-state index contributed by atoms with van der Waals surface area (Å²) in [6.07, 6.45) is 2.16. The van der Waals surface area contributed by atoms with E-state index in [0.717, 1.165) is 18.4 Å². The molecule has 4 nitrogen and oxygen atoms in total. The predicted molar refractivity (Wildman–Crippen MR) is 74.5 cm³/mol. The smallest absolute Gasteiger partial charge is 0.283 e. The van der Waals surface area contributed by atoms with E-state index in [1.807, 2.05) is 6.07 Å². The fourth-order valence-electron chi connectivity index (χ4n) is 1.57. The fraction of sp³-hybridized carbons (Fsp3) is 0.538. The largest absolute Gasteiger partial charge is 0.377 e. The summed E-state index contributed by atoms with van der Waals surface area (Å²) in [6.45, 7) is 5.48. The summed E-state index contributed by atoms with van der Waals surface area (Å²) in [4.78, 5) is 10.4. The normalized spacial score (nSPS) is 10.9. The van der Waals surface area contributed by atoms with Gasteiger partial charge in [-0.3, -0.25) is 10.1 Å². The first-order valence-corrected chi connectivity index (χ1v) is 6.80. The van der Waals surface area contributed by atoms with Gasteiger partial charge in [0.1, 0.15) is 0 Å². The average molecular weight is 316 g/mol. The van der Waals surface area contributed by atoms with Gasteiger partial charge in [0.25, 0.3) is 5.69 Å². The van der Waals surface area contributed by atoms with E-state index < -0.39 is 4.92 Å². The van der Waals surface area contributed by atoms with Gasteiger partial charge in [-0.1, -0.05) is 19.9 Å². The van der Waals surface area contributed by atoms with Crippen LogP contribution in [-0.4, -0.2) is 11.5 Å². The van der Waals surface area contributed by atoms with Gasteiger partial charge in [0.15, 0.2) is 0 Å². The highest BCUT2D eigenvalue weighted by molar-refractivity contribution is 9.10. The fourth-order valence-corrected chi connectivity index (χ4v) is 1.96. The van der Waals surface area contributed by atoms with Gasteiger partial charge in [-0.25, -0.2) is 0 Å². The first kappa shape index (κ1) is 15.1. The highest BCUT2D eigenvalue weighted by Gasteiger charge is 2.12. The highest BCUT2D eigenvalue weighted by atomic mass is 79.9. The van der Waals surface area contributed by atoms with Crippen molar-refractivity contribution >= 4 is 21.6 Å². The summed E-state index contributed by atoms with van der Waals surface area (Å²) >= 11 is 3.16. The first-order valence-electron chi connectivity index (χ1n) is 6.01. The molecule has 1 aromatic carbocycles. The van der Waals surface area contributed by atoms with Crippen molar-refractivity contribution in [1.29, 1.82) is 0 Å². The molecule has 0 fully saturated rings. The number of nitrogens with zero attached hydrogens (tertiary/aromatic N) is 1. The van der Waals surface area contributed by atoms with Crippen molar-refractivity contribution < 1.29 is 9.66 Å². The Morgan fingerprint density at radius 3 is 2.78 bits per heavy atom. The lowest BCUT2D eigenvalue weighted by molar-refractivity contribution is -0.385. The third kappa shape index (κ3) is 5.14. The number of nitro groups is 1. The molecule has 0 aromatic heterocycles. The first-order chi connectivity index (χ1) is 8.50. The Morgan fingerprint density at radius 1 is 1.44 bits per heavy atom. The second kappa shape index (κ2) is 7.48. The number of hydrogen-bond donors (Lipinski definition) is 0. The van der Waals surface area contributed by atoms with E-state index in [9.17, 15) is 10.1 Å². The summed E-state index contributed by atoms with van der Waals surface area (Å²) in [5.41, 5.74) is 0.910. The summed E-state index contributed by atoms with van der Waals surface area (Å²) in [5.74, 6) is 0.683. The van der Waals surface area contributed by atoms with Crippen LogP contribution in [-0.2, 0) is 11.3 Å². The van der Waals surface area contributed by atoms with Crippen LogP contribution in [0.3, 0.4) is 0 Å². The molecule has 0 aliphatic rings. The van der Waals surface area contributed by atoms with Crippen LogP contribution < -0.4 is 0 Å². The number of ether oxygens (including phenoxy) is 1. The topological polar surface area (TPSA) is 52.4 Å². The molecule has 5 heteroatoms. The Kier molecular flexibility index (Phi) is 6.29. The standard InChI is InChI=1S/C13H18BrNO3/c1-10(2)4-3-7-18-9-11-5-6-12(14)13(8-11)15(16)17/h5-6,8,10H,3-4,7,9H2,1-2H3. The van der Waals surface area contributed by atoms with Gasteiger partial charge in [0.2, 0.25) is 0 Å². The van der Waals surface area contributed by atoms with Crippen LogP contribution in [0.2, 0.25) is 0 Å². The molecule has 0 saturated heterocycles. The van der Waals surface area contributed by atoms with Crippen LogP contribution in [0.25, 0.3) is 0 Å². The Morgan fingerprint density at radius 2 is 2.17 bits per heavy atom. The van der Waals surface area contributed by atoms with Crippen molar-refractivity contribution in [2.24, 2.45) is 5.92 Å². The highest BCUT2D eigenvalue weighted by Crippen LogP contribution is 2.25. The van der Waals surface area contributed by atoms with E-state index in [4.69, 9.17) is 4.74 Å². The Hall–Kier alpha value is -0.940. The number of hydrogen-bond acceptors (Lipinski definition) is 3. The molecule has 0 radical (unpaired) electrons. The molecule has 0 amide bonds. The Balaban J connectivity index is 2.43. The molecule has 0 spiro atoms. The molecule has 0 bridgehead atoms. The molecule has 1 rings (SSSR count). The third-order valence-corrected chi connectivity index (χ3v) is 3.22. The Bertz CT molecular complexity index is 407. The quantitative estimate of drug-likeness (QED) is 0.428. The van der Waals surface area contributed by atoms with E-state index in [-0.39, 0.29) is 5.69 Å². The molecular formula is C13H18BrNO3. The molecule has 0 saturated carbocycles. The summed E-state index contributed by atoms with van der Waals surface area (Å²) < 4.78 is 6.00. The van der Waals surface area contributed by atoms with Crippen molar-refractivity contribution in [3.63, 3.8) is 0 Å². The molecule has 0 aliphatic heterocycles. The van der Waals surface area contributed by atoms with Gasteiger partial charge in [-0.15, -0.1) is 0 Å². The van der Waals surface area contributed by atoms with E-state index >= 15 is 0 Å². The van der Waals surface area contributed by atoms with Crippen LogP contribution in [0.1, 0.15) is 32.3 Å². The second-order valence-electron chi connectivity index (χ2n) is 4.63. The average Bonchev–Trinajstić information content (AvgIpc) is 2.30.